The van der Waals surface area contributed by atoms with Gasteiger partial charge in [-0.15, -0.1) is 0 Å². The lowest BCUT2D eigenvalue weighted by atomic mass is 9.95. The van der Waals surface area contributed by atoms with Gasteiger partial charge in [-0.2, -0.15) is 9.61 Å². The second kappa shape index (κ2) is 11.6. The van der Waals surface area contributed by atoms with Crippen LogP contribution in [-0.2, 0) is 11.3 Å². The lowest BCUT2D eigenvalue weighted by Crippen LogP contribution is -2.37. The molecule has 7 rings (SSSR count). The van der Waals surface area contributed by atoms with Crippen molar-refractivity contribution in [3.63, 3.8) is 0 Å². The molecule has 1 aliphatic heterocycles. The van der Waals surface area contributed by atoms with Gasteiger partial charge in [0.2, 0.25) is 5.91 Å². The Labute approximate surface area is 255 Å². The van der Waals surface area contributed by atoms with Gasteiger partial charge < -0.3 is 5.32 Å². The molecule has 214 valence electrons. The van der Waals surface area contributed by atoms with Gasteiger partial charge in [-0.25, -0.2) is 9.97 Å². The molecule has 43 heavy (non-hydrogen) atoms. The van der Waals surface area contributed by atoms with Crippen LogP contribution < -0.4 is 5.32 Å². The van der Waals surface area contributed by atoms with Gasteiger partial charge in [0.25, 0.3) is 0 Å². The number of carbonyl (C=O) groups excluding carboxylic acids is 1. The quantitative estimate of drug-likeness (QED) is 0.220. The van der Waals surface area contributed by atoms with E-state index in [1.54, 1.807) is 12.1 Å². The molecule has 0 atom stereocenters. The SMILES string of the molecule is Cc1cc2ncc3cc(-c4ccccc4)c(-c4ccc(CN5CCC(C(=O)Nc6cccc(Cl)c6)CC5)cc4)nc3n2n1. The van der Waals surface area contributed by atoms with E-state index >= 15 is 0 Å². The van der Waals surface area contributed by atoms with Gasteiger partial charge in [0.15, 0.2) is 11.3 Å². The van der Waals surface area contributed by atoms with E-state index in [1.165, 1.54) is 5.56 Å². The number of hydrogen-bond acceptors (Lipinski definition) is 5. The minimum Gasteiger partial charge on any atom is -0.326 e. The van der Waals surface area contributed by atoms with Crippen molar-refractivity contribution < 1.29 is 4.79 Å². The molecular weight excluding hydrogens is 556 g/mol. The number of hydrogen-bond donors (Lipinski definition) is 1. The highest BCUT2D eigenvalue weighted by atomic mass is 35.5. The number of benzene rings is 3. The Kier molecular flexibility index (Phi) is 7.35. The largest absolute Gasteiger partial charge is 0.326 e. The maximum absolute atomic E-state index is 12.8. The fourth-order valence-corrected chi connectivity index (χ4v) is 6.09. The Bertz CT molecular complexity index is 1930. The van der Waals surface area contributed by atoms with Crippen molar-refractivity contribution in [1.29, 1.82) is 0 Å². The van der Waals surface area contributed by atoms with E-state index in [0.29, 0.717) is 5.02 Å². The average molecular weight is 587 g/mol. The molecule has 0 saturated carbocycles. The molecule has 4 heterocycles. The molecule has 0 unspecified atom stereocenters. The number of fused-ring (bicyclic) bond motifs is 3. The lowest BCUT2D eigenvalue weighted by Gasteiger charge is -2.31. The maximum atomic E-state index is 12.8. The third kappa shape index (κ3) is 5.74. The van der Waals surface area contributed by atoms with Crippen LogP contribution >= 0.6 is 11.6 Å². The third-order valence-electron chi connectivity index (χ3n) is 8.15. The number of nitrogens with zero attached hydrogens (tertiary/aromatic N) is 5. The normalized spacial score (nSPS) is 14.4. The first kappa shape index (κ1) is 27.3. The Morgan fingerprint density at radius 3 is 2.49 bits per heavy atom. The number of halogens is 1. The highest BCUT2D eigenvalue weighted by molar-refractivity contribution is 6.30. The summed E-state index contributed by atoms with van der Waals surface area (Å²) in [5.74, 6) is 0.0786. The zero-order valence-corrected chi connectivity index (χ0v) is 24.6. The number of rotatable bonds is 6. The van der Waals surface area contributed by atoms with Crippen molar-refractivity contribution in [2.24, 2.45) is 5.92 Å². The summed E-state index contributed by atoms with van der Waals surface area (Å²) in [6, 6.07) is 30.5. The number of likely N-dealkylation sites (tertiary alicyclic amines) is 1. The second-order valence-electron chi connectivity index (χ2n) is 11.2. The molecule has 3 aromatic heterocycles. The molecular formula is C35H31ClN6O. The molecule has 3 aromatic carbocycles. The van der Waals surface area contributed by atoms with Crippen LogP contribution in [-0.4, -0.2) is 43.5 Å². The lowest BCUT2D eigenvalue weighted by molar-refractivity contribution is -0.121. The topological polar surface area (TPSA) is 75.4 Å². The molecule has 1 saturated heterocycles. The van der Waals surface area contributed by atoms with Crippen molar-refractivity contribution >= 4 is 39.9 Å². The fourth-order valence-electron chi connectivity index (χ4n) is 5.90. The first-order valence-electron chi connectivity index (χ1n) is 14.6. The molecule has 7 nitrogen and oxygen atoms in total. The van der Waals surface area contributed by atoms with Crippen molar-refractivity contribution in [1.82, 2.24) is 24.5 Å². The summed E-state index contributed by atoms with van der Waals surface area (Å²) in [6.07, 6.45) is 3.55. The van der Waals surface area contributed by atoms with E-state index in [1.807, 2.05) is 41.9 Å². The van der Waals surface area contributed by atoms with E-state index in [4.69, 9.17) is 16.6 Å². The van der Waals surface area contributed by atoms with Crippen LogP contribution in [0.25, 0.3) is 39.1 Å². The minimum atomic E-state index is 0.00762. The Morgan fingerprint density at radius 2 is 1.72 bits per heavy atom. The summed E-state index contributed by atoms with van der Waals surface area (Å²) in [6.45, 7) is 4.58. The van der Waals surface area contributed by atoms with Crippen molar-refractivity contribution in [2.45, 2.75) is 26.3 Å². The van der Waals surface area contributed by atoms with Crippen LogP contribution in [0.1, 0.15) is 24.1 Å². The number of carbonyl (C=O) groups is 1. The number of anilines is 1. The van der Waals surface area contributed by atoms with Gasteiger partial charge >= 0.3 is 0 Å². The van der Waals surface area contributed by atoms with E-state index in [9.17, 15) is 4.79 Å². The van der Waals surface area contributed by atoms with E-state index in [-0.39, 0.29) is 11.8 Å². The molecule has 1 fully saturated rings. The Hall–Kier alpha value is -4.59. The van der Waals surface area contributed by atoms with Crippen molar-refractivity contribution in [3.8, 4) is 22.4 Å². The first-order valence-corrected chi connectivity index (χ1v) is 15.0. The zero-order chi connectivity index (χ0) is 29.3. The van der Waals surface area contributed by atoms with Gasteiger partial charge in [0.05, 0.1) is 11.4 Å². The molecule has 0 bridgehead atoms. The van der Waals surface area contributed by atoms with Crippen LogP contribution in [0.15, 0.2) is 97.2 Å². The van der Waals surface area contributed by atoms with Crippen molar-refractivity contribution in [3.05, 3.63) is 113 Å². The number of piperidine rings is 1. The highest BCUT2D eigenvalue weighted by Gasteiger charge is 2.25. The number of amides is 1. The molecule has 0 radical (unpaired) electrons. The predicted molar refractivity (Wildman–Crippen MR) is 172 cm³/mol. The third-order valence-corrected chi connectivity index (χ3v) is 8.38. The Morgan fingerprint density at radius 1 is 0.930 bits per heavy atom. The highest BCUT2D eigenvalue weighted by Crippen LogP contribution is 2.34. The minimum absolute atomic E-state index is 0.00762. The molecule has 1 N–H and O–H groups in total. The monoisotopic (exact) mass is 586 g/mol. The van der Waals surface area contributed by atoms with Crippen LogP contribution in [0.3, 0.4) is 0 Å². The summed E-state index contributed by atoms with van der Waals surface area (Å²) >= 11 is 6.07. The van der Waals surface area contributed by atoms with E-state index in [2.05, 4.69) is 74.9 Å². The Balaban J connectivity index is 1.09. The zero-order valence-electron chi connectivity index (χ0n) is 23.9. The summed E-state index contributed by atoms with van der Waals surface area (Å²) < 4.78 is 1.83. The van der Waals surface area contributed by atoms with Gasteiger partial charge in [-0.05, 0) is 68.2 Å². The average Bonchev–Trinajstić information content (AvgIpc) is 3.42. The van der Waals surface area contributed by atoms with Gasteiger partial charge in [-0.3, -0.25) is 9.69 Å². The van der Waals surface area contributed by atoms with Crippen LogP contribution in [0.2, 0.25) is 5.02 Å². The van der Waals surface area contributed by atoms with Crippen LogP contribution in [0.4, 0.5) is 5.69 Å². The number of pyridine rings is 1. The first-order chi connectivity index (χ1) is 21.0. The number of aromatic nitrogens is 4. The molecule has 1 aliphatic rings. The van der Waals surface area contributed by atoms with Gasteiger partial charge in [-0.1, -0.05) is 72.3 Å². The summed E-state index contributed by atoms with van der Waals surface area (Å²) in [5.41, 5.74) is 8.60. The summed E-state index contributed by atoms with van der Waals surface area (Å²) in [7, 11) is 0. The van der Waals surface area contributed by atoms with Crippen LogP contribution in [0, 0.1) is 12.8 Å². The van der Waals surface area contributed by atoms with E-state index in [0.717, 1.165) is 82.9 Å². The maximum Gasteiger partial charge on any atom is 0.227 e. The van der Waals surface area contributed by atoms with Crippen LogP contribution in [0.5, 0.6) is 0 Å². The smallest absolute Gasteiger partial charge is 0.227 e. The van der Waals surface area contributed by atoms with Gasteiger partial charge in [0.1, 0.15) is 0 Å². The summed E-state index contributed by atoms with van der Waals surface area (Å²) in [5, 5.41) is 9.24. The molecule has 0 spiro atoms. The molecule has 1 amide bonds. The molecule has 8 heteroatoms. The molecule has 0 aliphatic carbocycles. The fraction of sp³-hybridized carbons (Fsp3) is 0.200. The number of aryl methyl sites for hydroxylation is 1. The number of nitrogens with one attached hydrogen (secondary N) is 1. The predicted octanol–water partition coefficient (Wildman–Crippen LogP) is 7.42. The van der Waals surface area contributed by atoms with Gasteiger partial charge in [0, 0.05) is 51.9 Å². The van der Waals surface area contributed by atoms with E-state index < -0.39 is 0 Å². The molecule has 6 aromatic rings. The standard InChI is InChI=1S/C35H31ClN6O/c1-23-18-32-37-21-28-19-31(25-6-3-2-4-7-25)33(39-34(28)42(32)40-23)26-12-10-24(11-13-26)22-41-16-14-27(15-17-41)35(43)38-30-9-5-8-29(36)20-30/h2-13,18-21,27H,14-17,22H2,1H3,(H,38,43). The second-order valence-corrected chi connectivity index (χ2v) is 11.7. The summed E-state index contributed by atoms with van der Waals surface area (Å²) in [4.78, 5) is 25.0. The van der Waals surface area contributed by atoms with Crippen molar-refractivity contribution in [2.75, 3.05) is 18.4 Å².